The maximum absolute atomic E-state index is 10.5. The van der Waals surface area contributed by atoms with Gasteiger partial charge < -0.3 is 9.15 Å². The Morgan fingerprint density at radius 3 is 2.69 bits per heavy atom. The van der Waals surface area contributed by atoms with Crippen LogP contribution in [0.15, 0.2) is 10.7 Å². The van der Waals surface area contributed by atoms with Gasteiger partial charge in [0.25, 0.3) is 5.88 Å². The first-order valence-electron chi connectivity index (χ1n) is 2.83. The van der Waals surface area contributed by atoms with Crippen LogP contribution < -0.4 is 16.0 Å². The van der Waals surface area contributed by atoms with E-state index in [0.29, 0.717) is 5.89 Å². The summed E-state index contributed by atoms with van der Waals surface area (Å²) in [5.41, 5.74) is 1.78. The number of carbonyl (C=O) groups is 1. The van der Waals surface area contributed by atoms with E-state index in [2.05, 4.69) is 9.72 Å². The Labute approximate surface area is 86.6 Å². The van der Waals surface area contributed by atoms with Crippen molar-refractivity contribution in [3.63, 3.8) is 0 Å². The molecule has 0 fully saturated rings. The fraction of sp³-hybridized carbons (Fsp3) is 0.200. The Morgan fingerprint density at radius 2 is 2.31 bits per heavy atom. The molecule has 0 saturated carbocycles. The molecule has 3 N–H and O–H groups in total. The summed E-state index contributed by atoms with van der Waals surface area (Å²) in [4.78, 5) is 14.1. The van der Waals surface area contributed by atoms with Crippen molar-refractivity contribution in [2.24, 2.45) is 5.84 Å². The van der Waals surface area contributed by atoms with E-state index in [-0.39, 0.29) is 30.7 Å². The molecule has 0 aliphatic carbocycles. The lowest BCUT2D eigenvalue weighted by Gasteiger charge is -1.95. The van der Waals surface area contributed by atoms with E-state index in [0.717, 1.165) is 0 Å². The van der Waals surface area contributed by atoms with Crippen LogP contribution in [0.5, 0.6) is 5.88 Å². The number of ether oxygens (including phenoxy) is 1. The predicted molar refractivity (Wildman–Crippen MR) is 49.1 cm³/mol. The quantitative estimate of drug-likeness (QED) is 0.422. The zero-order valence-corrected chi connectivity index (χ0v) is 8.28. The average molecular weight is 230 g/mol. The number of aryl methyl sites for hydroxylation is 1. The van der Waals surface area contributed by atoms with Crippen LogP contribution in [0.2, 0.25) is 0 Å². The summed E-state index contributed by atoms with van der Waals surface area (Å²) < 4.78 is 9.26. The van der Waals surface area contributed by atoms with Gasteiger partial charge in [-0.2, -0.15) is 4.98 Å². The second-order valence-corrected chi connectivity index (χ2v) is 1.74. The minimum absolute atomic E-state index is 0. The fourth-order valence-electron chi connectivity index (χ4n) is 0.515. The number of halogens is 2. The molecular weight excluding hydrogens is 221 g/mol. The minimum atomic E-state index is -0.779. The van der Waals surface area contributed by atoms with Gasteiger partial charge in [-0.1, -0.05) is 0 Å². The third-order valence-corrected chi connectivity index (χ3v) is 0.913. The molecule has 6 nitrogen and oxygen atoms in total. The highest BCUT2D eigenvalue weighted by Gasteiger charge is 2.04. The van der Waals surface area contributed by atoms with Gasteiger partial charge in [-0.25, -0.2) is 10.6 Å². The SMILES string of the molecule is Cc1nc(OC(=O)NN)co1.Cl.Cl. The maximum atomic E-state index is 10.5. The molecule has 13 heavy (non-hydrogen) atoms. The van der Waals surface area contributed by atoms with E-state index in [4.69, 9.17) is 10.3 Å². The van der Waals surface area contributed by atoms with Gasteiger partial charge in [-0.05, 0) is 0 Å². The highest BCUT2D eigenvalue weighted by molar-refractivity contribution is 5.85. The lowest BCUT2D eigenvalue weighted by molar-refractivity contribution is 0.198. The van der Waals surface area contributed by atoms with E-state index >= 15 is 0 Å². The van der Waals surface area contributed by atoms with Crippen LogP contribution in [-0.4, -0.2) is 11.1 Å². The number of amides is 1. The standard InChI is InChI=1S/C5H7N3O3.2ClH/c1-3-7-4(2-10-3)11-5(9)8-6;;/h2H,6H2,1H3,(H,8,9);2*1H. The Hall–Kier alpha value is -0.980. The van der Waals surface area contributed by atoms with Crippen LogP contribution in [0.3, 0.4) is 0 Å². The summed E-state index contributed by atoms with van der Waals surface area (Å²) in [5, 5.41) is 0. The first-order valence-corrected chi connectivity index (χ1v) is 2.83. The summed E-state index contributed by atoms with van der Waals surface area (Å²) in [6, 6.07) is 0. The van der Waals surface area contributed by atoms with Crippen LogP contribution >= 0.6 is 24.8 Å². The smallest absolute Gasteiger partial charge is 0.428 e. The molecule has 0 spiro atoms. The molecule has 0 radical (unpaired) electrons. The highest BCUT2D eigenvalue weighted by atomic mass is 35.5. The number of nitrogens with two attached hydrogens (primary N) is 1. The number of oxazole rings is 1. The third kappa shape index (κ3) is 4.56. The predicted octanol–water partition coefficient (Wildman–Crippen LogP) is 0.789. The maximum Gasteiger partial charge on any atom is 0.428 e. The Morgan fingerprint density at radius 1 is 1.69 bits per heavy atom. The summed E-state index contributed by atoms with van der Waals surface area (Å²) in [6.07, 6.45) is 0.434. The van der Waals surface area contributed by atoms with E-state index in [1.807, 2.05) is 0 Å². The summed E-state index contributed by atoms with van der Waals surface area (Å²) in [5.74, 6) is 5.25. The molecule has 1 rings (SSSR count). The third-order valence-electron chi connectivity index (χ3n) is 0.913. The number of nitrogens with one attached hydrogen (secondary N) is 1. The molecule has 1 heterocycles. The topological polar surface area (TPSA) is 90.4 Å². The number of nitrogens with zero attached hydrogens (tertiary/aromatic N) is 1. The molecule has 76 valence electrons. The lowest BCUT2D eigenvalue weighted by atomic mass is 10.8. The number of hydrogen-bond acceptors (Lipinski definition) is 5. The van der Waals surface area contributed by atoms with Crippen molar-refractivity contribution < 1.29 is 13.9 Å². The van der Waals surface area contributed by atoms with Gasteiger partial charge in [0, 0.05) is 6.92 Å². The molecule has 0 saturated heterocycles. The Kier molecular flexibility index (Phi) is 7.30. The van der Waals surface area contributed by atoms with Gasteiger partial charge >= 0.3 is 6.09 Å². The van der Waals surface area contributed by atoms with Crippen molar-refractivity contribution in [1.82, 2.24) is 10.4 Å². The van der Waals surface area contributed by atoms with Crippen LogP contribution in [0.25, 0.3) is 0 Å². The van der Waals surface area contributed by atoms with Gasteiger partial charge in [-0.3, -0.25) is 5.43 Å². The molecule has 1 amide bonds. The molecule has 8 heteroatoms. The van der Waals surface area contributed by atoms with E-state index in [1.54, 1.807) is 12.3 Å². The number of hydrogen-bond donors (Lipinski definition) is 2. The van der Waals surface area contributed by atoms with Crippen LogP contribution in [-0.2, 0) is 0 Å². The molecule has 0 aliphatic heterocycles. The van der Waals surface area contributed by atoms with Crippen LogP contribution in [0, 0.1) is 6.92 Å². The minimum Gasteiger partial charge on any atom is -0.445 e. The van der Waals surface area contributed by atoms with Crippen LogP contribution in [0.1, 0.15) is 5.89 Å². The van der Waals surface area contributed by atoms with Crippen LogP contribution in [0.4, 0.5) is 4.79 Å². The monoisotopic (exact) mass is 229 g/mol. The van der Waals surface area contributed by atoms with Gasteiger partial charge in [0.05, 0.1) is 0 Å². The lowest BCUT2D eigenvalue weighted by Crippen LogP contribution is -2.32. The summed E-state index contributed by atoms with van der Waals surface area (Å²) in [7, 11) is 0. The average Bonchev–Trinajstić information content (AvgIpc) is 2.35. The molecule has 0 atom stereocenters. The number of rotatable bonds is 1. The first-order chi connectivity index (χ1) is 5.22. The van der Waals surface area contributed by atoms with Gasteiger partial charge in [0.1, 0.15) is 0 Å². The second-order valence-electron chi connectivity index (χ2n) is 1.74. The van der Waals surface area contributed by atoms with Crippen molar-refractivity contribution in [2.45, 2.75) is 6.92 Å². The number of carbonyl (C=O) groups excluding carboxylic acids is 1. The summed E-state index contributed by atoms with van der Waals surface area (Å²) in [6.45, 7) is 1.63. The van der Waals surface area contributed by atoms with Crippen molar-refractivity contribution in [1.29, 1.82) is 0 Å². The highest BCUT2D eigenvalue weighted by Crippen LogP contribution is 2.08. The van der Waals surface area contributed by atoms with Gasteiger partial charge in [-0.15, -0.1) is 24.8 Å². The van der Waals surface area contributed by atoms with Gasteiger partial charge in [0.2, 0.25) is 0 Å². The zero-order chi connectivity index (χ0) is 8.27. The molecule has 0 aromatic carbocycles. The van der Waals surface area contributed by atoms with Crippen molar-refractivity contribution >= 4 is 30.9 Å². The van der Waals surface area contributed by atoms with E-state index in [9.17, 15) is 4.79 Å². The number of hydrazine groups is 1. The molecule has 0 bridgehead atoms. The summed E-state index contributed by atoms with van der Waals surface area (Å²) >= 11 is 0. The second kappa shape index (κ2) is 6.53. The zero-order valence-electron chi connectivity index (χ0n) is 6.64. The molecule has 1 aromatic heterocycles. The fourth-order valence-corrected chi connectivity index (χ4v) is 0.515. The van der Waals surface area contributed by atoms with E-state index < -0.39 is 6.09 Å². The molecule has 0 aliphatic rings. The largest absolute Gasteiger partial charge is 0.445 e. The Balaban J connectivity index is 0. The normalized spacial score (nSPS) is 7.85. The van der Waals surface area contributed by atoms with Crippen molar-refractivity contribution in [2.75, 3.05) is 0 Å². The number of aromatic nitrogens is 1. The van der Waals surface area contributed by atoms with Gasteiger partial charge in [0.15, 0.2) is 12.2 Å². The molecular formula is C5H9Cl2N3O3. The molecule has 1 aromatic rings. The van der Waals surface area contributed by atoms with Crippen molar-refractivity contribution in [3.05, 3.63) is 12.2 Å². The Bertz CT molecular complexity index is 265. The van der Waals surface area contributed by atoms with Crippen molar-refractivity contribution in [3.8, 4) is 5.88 Å². The first kappa shape index (κ1) is 14.5. The molecule has 0 unspecified atom stereocenters. The van der Waals surface area contributed by atoms with E-state index in [1.165, 1.54) is 6.26 Å².